The Hall–Kier alpha value is -1.64. The summed E-state index contributed by atoms with van der Waals surface area (Å²) in [5, 5.41) is 8.75. The molecule has 0 heterocycles. The Bertz CT molecular complexity index is 352. The molecule has 0 aliphatic heterocycles. The molecule has 1 rings (SSSR count). The minimum Gasteiger partial charge on any atom is -0.478 e. The number of carbonyl (C=O) groups is 1. The van der Waals surface area contributed by atoms with Crippen molar-refractivity contribution in [2.45, 2.75) is 13.3 Å². The molecule has 0 atom stereocenters. The standard InChI is InChI=1S/C11H11FO2/c1-2-9(11(13)14)7-8-3-5-10(12)6-4-8/h3-7H,2H2,1H3,(H,13,14)/b9-7+. The highest BCUT2D eigenvalue weighted by Crippen LogP contribution is 2.10. The molecule has 2 nitrogen and oxygen atoms in total. The lowest BCUT2D eigenvalue weighted by Gasteiger charge is -1.98. The molecular weight excluding hydrogens is 183 g/mol. The molecule has 14 heavy (non-hydrogen) atoms. The molecule has 74 valence electrons. The number of hydrogen-bond acceptors (Lipinski definition) is 1. The first-order chi connectivity index (χ1) is 6.63. The average Bonchev–Trinajstić information content (AvgIpc) is 2.16. The van der Waals surface area contributed by atoms with E-state index in [9.17, 15) is 9.18 Å². The molecule has 1 aromatic rings. The van der Waals surface area contributed by atoms with Crippen molar-refractivity contribution >= 4 is 12.0 Å². The van der Waals surface area contributed by atoms with Gasteiger partial charge in [-0.2, -0.15) is 0 Å². The summed E-state index contributed by atoms with van der Waals surface area (Å²) in [4.78, 5) is 10.7. The monoisotopic (exact) mass is 194 g/mol. The summed E-state index contributed by atoms with van der Waals surface area (Å²) >= 11 is 0. The molecule has 0 saturated heterocycles. The van der Waals surface area contributed by atoms with Crippen LogP contribution in [0.4, 0.5) is 4.39 Å². The first-order valence-electron chi connectivity index (χ1n) is 4.33. The third-order valence-electron chi connectivity index (χ3n) is 1.87. The second kappa shape index (κ2) is 4.56. The molecule has 0 bridgehead atoms. The van der Waals surface area contributed by atoms with Crippen molar-refractivity contribution in [2.75, 3.05) is 0 Å². The second-order valence-corrected chi connectivity index (χ2v) is 2.88. The highest BCUT2D eigenvalue weighted by molar-refractivity contribution is 5.91. The van der Waals surface area contributed by atoms with Gasteiger partial charge in [-0.1, -0.05) is 19.1 Å². The zero-order valence-corrected chi connectivity index (χ0v) is 7.83. The molecule has 1 N–H and O–H groups in total. The van der Waals surface area contributed by atoms with E-state index in [-0.39, 0.29) is 5.82 Å². The fourth-order valence-electron chi connectivity index (χ4n) is 1.08. The topological polar surface area (TPSA) is 37.3 Å². The normalized spacial score (nSPS) is 11.4. The van der Waals surface area contributed by atoms with Crippen molar-refractivity contribution < 1.29 is 14.3 Å². The van der Waals surface area contributed by atoms with Gasteiger partial charge in [0.05, 0.1) is 0 Å². The molecule has 1 aromatic carbocycles. The Labute approximate surface area is 81.7 Å². The molecule has 0 spiro atoms. The fourth-order valence-corrected chi connectivity index (χ4v) is 1.08. The Morgan fingerprint density at radius 1 is 1.43 bits per heavy atom. The van der Waals surface area contributed by atoms with E-state index in [1.54, 1.807) is 25.1 Å². The average molecular weight is 194 g/mol. The van der Waals surface area contributed by atoms with Crippen LogP contribution >= 0.6 is 0 Å². The summed E-state index contributed by atoms with van der Waals surface area (Å²) in [5.41, 5.74) is 1.02. The van der Waals surface area contributed by atoms with E-state index >= 15 is 0 Å². The maximum Gasteiger partial charge on any atom is 0.331 e. The van der Waals surface area contributed by atoms with Crippen molar-refractivity contribution in [1.29, 1.82) is 0 Å². The second-order valence-electron chi connectivity index (χ2n) is 2.88. The first kappa shape index (κ1) is 10.4. The lowest BCUT2D eigenvalue weighted by Crippen LogP contribution is -1.98. The van der Waals surface area contributed by atoms with Gasteiger partial charge in [0.25, 0.3) is 0 Å². The molecule has 0 amide bonds. The highest BCUT2D eigenvalue weighted by Gasteiger charge is 2.03. The smallest absolute Gasteiger partial charge is 0.331 e. The van der Waals surface area contributed by atoms with E-state index in [4.69, 9.17) is 5.11 Å². The molecule has 0 unspecified atom stereocenters. The van der Waals surface area contributed by atoms with Gasteiger partial charge in [-0.25, -0.2) is 9.18 Å². The third-order valence-corrected chi connectivity index (χ3v) is 1.87. The van der Waals surface area contributed by atoms with Crippen LogP contribution in [-0.2, 0) is 4.79 Å². The lowest BCUT2D eigenvalue weighted by atomic mass is 10.1. The van der Waals surface area contributed by atoms with Crippen molar-refractivity contribution in [3.8, 4) is 0 Å². The maximum absolute atomic E-state index is 12.5. The van der Waals surface area contributed by atoms with E-state index < -0.39 is 5.97 Å². The number of hydrogen-bond donors (Lipinski definition) is 1. The summed E-state index contributed by atoms with van der Waals surface area (Å²) in [6.45, 7) is 1.77. The number of carboxylic acids is 1. The molecule has 0 aliphatic rings. The molecular formula is C11H11FO2. The molecule has 0 saturated carbocycles. The number of rotatable bonds is 3. The van der Waals surface area contributed by atoms with Crippen molar-refractivity contribution in [2.24, 2.45) is 0 Å². The number of benzene rings is 1. The number of aliphatic carboxylic acids is 1. The zero-order chi connectivity index (χ0) is 10.6. The van der Waals surface area contributed by atoms with Crippen LogP contribution in [0.3, 0.4) is 0 Å². The van der Waals surface area contributed by atoms with E-state index in [1.165, 1.54) is 12.1 Å². The predicted octanol–water partition coefficient (Wildman–Crippen LogP) is 2.70. The Morgan fingerprint density at radius 2 is 2.00 bits per heavy atom. The SMILES string of the molecule is CC/C(=C\c1ccc(F)cc1)C(=O)O. The van der Waals surface area contributed by atoms with Gasteiger partial charge in [0, 0.05) is 5.57 Å². The van der Waals surface area contributed by atoms with Gasteiger partial charge in [-0.3, -0.25) is 0 Å². The Kier molecular flexibility index (Phi) is 3.40. The Balaban J connectivity index is 2.95. The predicted molar refractivity (Wildman–Crippen MR) is 52.3 cm³/mol. The van der Waals surface area contributed by atoms with Crippen LogP contribution in [0.1, 0.15) is 18.9 Å². The van der Waals surface area contributed by atoms with Crippen LogP contribution in [0.2, 0.25) is 0 Å². The zero-order valence-electron chi connectivity index (χ0n) is 7.83. The van der Waals surface area contributed by atoms with Gasteiger partial charge < -0.3 is 5.11 Å². The first-order valence-corrected chi connectivity index (χ1v) is 4.33. The van der Waals surface area contributed by atoms with Crippen molar-refractivity contribution in [1.82, 2.24) is 0 Å². The Morgan fingerprint density at radius 3 is 2.43 bits per heavy atom. The van der Waals surface area contributed by atoms with E-state index in [0.29, 0.717) is 17.6 Å². The lowest BCUT2D eigenvalue weighted by molar-refractivity contribution is -0.132. The van der Waals surface area contributed by atoms with Gasteiger partial charge in [-0.15, -0.1) is 0 Å². The number of halogens is 1. The molecule has 0 fully saturated rings. The largest absolute Gasteiger partial charge is 0.478 e. The van der Waals surface area contributed by atoms with Gasteiger partial charge in [0.1, 0.15) is 5.82 Å². The fraction of sp³-hybridized carbons (Fsp3) is 0.182. The summed E-state index contributed by atoms with van der Waals surface area (Å²) < 4.78 is 12.5. The molecule has 0 radical (unpaired) electrons. The van der Waals surface area contributed by atoms with Gasteiger partial charge in [-0.05, 0) is 30.2 Å². The van der Waals surface area contributed by atoms with Crippen LogP contribution in [-0.4, -0.2) is 11.1 Å². The highest BCUT2D eigenvalue weighted by atomic mass is 19.1. The molecule has 0 aliphatic carbocycles. The van der Waals surface area contributed by atoms with Gasteiger partial charge >= 0.3 is 5.97 Å². The van der Waals surface area contributed by atoms with Crippen molar-refractivity contribution in [3.63, 3.8) is 0 Å². The van der Waals surface area contributed by atoms with E-state index in [0.717, 1.165) is 0 Å². The summed E-state index contributed by atoms with van der Waals surface area (Å²) in [6, 6.07) is 5.71. The summed E-state index contributed by atoms with van der Waals surface area (Å²) in [5.74, 6) is -1.26. The van der Waals surface area contributed by atoms with Crippen LogP contribution in [0.25, 0.3) is 6.08 Å². The van der Waals surface area contributed by atoms with E-state index in [1.807, 2.05) is 0 Å². The maximum atomic E-state index is 12.5. The van der Waals surface area contributed by atoms with Crippen molar-refractivity contribution in [3.05, 3.63) is 41.2 Å². The van der Waals surface area contributed by atoms with Crippen LogP contribution < -0.4 is 0 Å². The van der Waals surface area contributed by atoms with Gasteiger partial charge in [0.15, 0.2) is 0 Å². The van der Waals surface area contributed by atoms with E-state index in [2.05, 4.69) is 0 Å². The molecule has 3 heteroatoms. The quantitative estimate of drug-likeness (QED) is 0.751. The van der Waals surface area contributed by atoms with Gasteiger partial charge in [0.2, 0.25) is 0 Å². The summed E-state index contributed by atoms with van der Waals surface area (Å²) in [7, 11) is 0. The third kappa shape index (κ3) is 2.69. The minimum atomic E-state index is -0.933. The van der Waals surface area contributed by atoms with Crippen LogP contribution in [0.5, 0.6) is 0 Å². The molecule has 0 aromatic heterocycles. The number of carboxylic acid groups (broad SMARTS) is 1. The van der Waals surface area contributed by atoms with Crippen LogP contribution in [0.15, 0.2) is 29.8 Å². The van der Waals surface area contributed by atoms with Crippen LogP contribution in [0, 0.1) is 5.82 Å². The minimum absolute atomic E-state index is 0.316. The summed E-state index contributed by atoms with van der Waals surface area (Å²) in [6.07, 6.45) is 1.99.